The SMILES string of the molecule is CC.CCN(C)c1cc(-c2cc(C)cc(-c3ccc(N)c(Cl)c3)c2O)ccc1C(C)F. The van der Waals surface area contributed by atoms with Gasteiger partial charge in [-0.05, 0) is 67.8 Å². The van der Waals surface area contributed by atoms with Crippen molar-refractivity contribution in [2.24, 2.45) is 0 Å². The van der Waals surface area contributed by atoms with E-state index in [0.29, 0.717) is 27.4 Å². The number of aromatic hydroxyl groups is 1. The van der Waals surface area contributed by atoms with Crippen molar-refractivity contribution < 1.29 is 9.50 Å². The van der Waals surface area contributed by atoms with E-state index in [2.05, 4.69) is 0 Å². The molecule has 0 amide bonds. The second kappa shape index (κ2) is 10.5. The standard InChI is InChI=1S/C24H26ClFN2O.C2H6/c1-5-28(4)23-13-17(6-8-18(23)15(3)26)20-11-14(2)10-19(24(20)29)16-7-9-22(27)21(25)12-16;1-2/h6-13,15,29H,5,27H2,1-4H3;1-2H3. The Balaban J connectivity index is 0.00000166. The minimum Gasteiger partial charge on any atom is -0.507 e. The van der Waals surface area contributed by atoms with Crippen molar-refractivity contribution in [1.29, 1.82) is 0 Å². The predicted octanol–water partition coefficient (Wildman–Crippen LogP) is 7.78. The first-order valence-electron chi connectivity index (χ1n) is 10.6. The molecule has 0 aliphatic carbocycles. The Morgan fingerprint density at radius 2 is 1.58 bits per heavy atom. The highest BCUT2D eigenvalue weighted by molar-refractivity contribution is 6.33. The fourth-order valence-electron chi connectivity index (χ4n) is 3.46. The van der Waals surface area contributed by atoms with Gasteiger partial charge < -0.3 is 15.7 Å². The highest BCUT2D eigenvalue weighted by Crippen LogP contribution is 2.42. The topological polar surface area (TPSA) is 49.5 Å². The summed E-state index contributed by atoms with van der Waals surface area (Å²) in [6, 6.07) is 14.7. The van der Waals surface area contributed by atoms with Gasteiger partial charge in [-0.15, -0.1) is 0 Å². The van der Waals surface area contributed by atoms with Crippen molar-refractivity contribution in [2.75, 3.05) is 24.2 Å². The first kappa shape index (κ1) is 24.5. The monoisotopic (exact) mass is 442 g/mol. The summed E-state index contributed by atoms with van der Waals surface area (Å²) in [4.78, 5) is 2.00. The van der Waals surface area contributed by atoms with E-state index >= 15 is 0 Å². The second-order valence-electron chi connectivity index (χ2n) is 7.35. The van der Waals surface area contributed by atoms with Gasteiger partial charge in [0.05, 0.1) is 10.7 Å². The molecule has 0 saturated carbocycles. The molecule has 3 nitrogen and oxygen atoms in total. The van der Waals surface area contributed by atoms with E-state index in [4.69, 9.17) is 17.3 Å². The van der Waals surface area contributed by atoms with Crippen LogP contribution in [0.15, 0.2) is 48.5 Å². The van der Waals surface area contributed by atoms with E-state index in [9.17, 15) is 9.50 Å². The lowest BCUT2D eigenvalue weighted by atomic mass is 9.93. The van der Waals surface area contributed by atoms with Crippen LogP contribution in [0.1, 0.15) is 45.0 Å². The third kappa shape index (κ3) is 5.31. The molecule has 0 heterocycles. The lowest BCUT2D eigenvalue weighted by Crippen LogP contribution is -2.17. The van der Waals surface area contributed by atoms with Gasteiger partial charge in [-0.3, -0.25) is 0 Å². The number of hydrogen-bond donors (Lipinski definition) is 2. The van der Waals surface area contributed by atoms with Gasteiger partial charge in [-0.25, -0.2) is 4.39 Å². The lowest BCUT2D eigenvalue weighted by Gasteiger charge is -2.23. The maximum Gasteiger partial charge on any atom is 0.131 e. The summed E-state index contributed by atoms with van der Waals surface area (Å²) in [6.07, 6.45) is -1.08. The number of alkyl halides is 1. The molecule has 0 aliphatic heterocycles. The number of aryl methyl sites for hydroxylation is 1. The quantitative estimate of drug-likeness (QED) is 0.396. The van der Waals surface area contributed by atoms with Crippen molar-refractivity contribution in [3.8, 4) is 28.0 Å². The number of phenols is 1. The van der Waals surface area contributed by atoms with Crippen LogP contribution in [0.4, 0.5) is 15.8 Å². The van der Waals surface area contributed by atoms with Gasteiger partial charge in [-0.1, -0.05) is 43.6 Å². The van der Waals surface area contributed by atoms with Gasteiger partial charge in [-0.2, -0.15) is 0 Å². The average molecular weight is 443 g/mol. The predicted molar refractivity (Wildman–Crippen MR) is 133 cm³/mol. The average Bonchev–Trinajstić information content (AvgIpc) is 2.77. The van der Waals surface area contributed by atoms with E-state index in [-0.39, 0.29) is 5.75 Å². The third-order valence-corrected chi connectivity index (χ3v) is 5.55. The maximum absolute atomic E-state index is 14.1. The molecule has 5 heteroatoms. The summed E-state index contributed by atoms with van der Waals surface area (Å²) >= 11 is 6.18. The van der Waals surface area contributed by atoms with Crippen LogP contribution in [0.25, 0.3) is 22.3 Å². The summed E-state index contributed by atoms with van der Waals surface area (Å²) in [6.45, 7) is 10.3. The number of nitrogen functional groups attached to an aromatic ring is 1. The Morgan fingerprint density at radius 3 is 2.10 bits per heavy atom. The van der Waals surface area contributed by atoms with E-state index in [0.717, 1.165) is 28.9 Å². The number of anilines is 2. The largest absolute Gasteiger partial charge is 0.507 e. The fourth-order valence-corrected chi connectivity index (χ4v) is 3.64. The summed E-state index contributed by atoms with van der Waals surface area (Å²) in [5.74, 6) is 0.155. The molecule has 0 radical (unpaired) electrons. The van der Waals surface area contributed by atoms with Crippen molar-refractivity contribution in [2.45, 2.75) is 40.8 Å². The Hall–Kier alpha value is -2.72. The molecule has 3 aromatic rings. The van der Waals surface area contributed by atoms with Gasteiger partial charge in [0, 0.05) is 36.0 Å². The summed E-state index contributed by atoms with van der Waals surface area (Å²) in [5.41, 5.74) is 11.7. The highest BCUT2D eigenvalue weighted by atomic mass is 35.5. The van der Waals surface area contributed by atoms with Crippen molar-refractivity contribution in [3.63, 3.8) is 0 Å². The second-order valence-corrected chi connectivity index (χ2v) is 7.76. The van der Waals surface area contributed by atoms with E-state index < -0.39 is 6.17 Å². The summed E-state index contributed by atoms with van der Waals surface area (Å²) < 4.78 is 14.1. The zero-order chi connectivity index (χ0) is 23.3. The molecule has 0 spiro atoms. The minimum atomic E-state index is -1.08. The highest BCUT2D eigenvalue weighted by Gasteiger charge is 2.17. The van der Waals surface area contributed by atoms with Crippen LogP contribution >= 0.6 is 11.6 Å². The molecule has 31 heavy (non-hydrogen) atoms. The van der Waals surface area contributed by atoms with Gasteiger partial charge >= 0.3 is 0 Å². The number of benzene rings is 3. The third-order valence-electron chi connectivity index (χ3n) is 5.22. The number of phenolic OH excluding ortho intramolecular Hbond substituents is 1. The molecule has 166 valence electrons. The van der Waals surface area contributed by atoms with E-state index in [1.165, 1.54) is 6.92 Å². The molecule has 3 aromatic carbocycles. The molecule has 0 fully saturated rings. The van der Waals surface area contributed by atoms with Crippen LogP contribution in [-0.4, -0.2) is 18.7 Å². The first-order valence-corrected chi connectivity index (χ1v) is 11.0. The van der Waals surface area contributed by atoms with Gasteiger partial charge in [0.2, 0.25) is 0 Å². The fraction of sp³-hybridized carbons (Fsp3) is 0.308. The summed E-state index contributed by atoms with van der Waals surface area (Å²) in [7, 11) is 1.93. The zero-order valence-electron chi connectivity index (χ0n) is 19.1. The number of nitrogens with zero attached hydrogens (tertiary/aromatic N) is 1. The molecule has 3 N–H and O–H groups in total. The van der Waals surface area contributed by atoms with Crippen molar-refractivity contribution in [1.82, 2.24) is 0 Å². The number of nitrogens with two attached hydrogens (primary N) is 1. The lowest BCUT2D eigenvalue weighted by molar-refractivity contribution is 0.374. The van der Waals surface area contributed by atoms with Gasteiger partial charge in [0.15, 0.2) is 0 Å². The number of halogens is 2. The van der Waals surface area contributed by atoms with Crippen LogP contribution in [0, 0.1) is 6.92 Å². The van der Waals surface area contributed by atoms with Crippen LogP contribution in [0.3, 0.4) is 0 Å². The Bertz CT molecular complexity index is 1050. The smallest absolute Gasteiger partial charge is 0.131 e. The Labute approximate surface area is 190 Å². The van der Waals surface area contributed by atoms with Crippen molar-refractivity contribution in [3.05, 3.63) is 64.7 Å². The van der Waals surface area contributed by atoms with Crippen LogP contribution in [0.5, 0.6) is 5.75 Å². The van der Waals surface area contributed by atoms with Gasteiger partial charge in [0.1, 0.15) is 11.9 Å². The maximum atomic E-state index is 14.1. The minimum absolute atomic E-state index is 0.155. The van der Waals surface area contributed by atoms with Gasteiger partial charge in [0.25, 0.3) is 0 Å². The molecular formula is C26H32ClFN2O. The molecule has 1 atom stereocenters. The molecular weight excluding hydrogens is 411 g/mol. The molecule has 0 aliphatic rings. The number of rotatable bonds is 5. The van der Waals surface area contributed by atoms with E-state index in [1.54, 1.807) is 18.2 Å². The molecule has 0 saturated heterocycles. The summed E-state index contributed by atoms with van der Waals surface area (Å²) in [5, 5.41) is 11.5. The Kier molecular flexibility index (Phi) is 8.35. The van der Waals surface area contributed by atoms with Crippen LogP contribution in [0.2, 0.25) is 5.02 Å². The normalized spacial score (nSPS) is 11.5. The zero-order valence-corrected chi connectivity index (χ0v) is 19.9. The molecule has 1 unspecified atom stereocenters. The molecule has 0 aromatic heterocycles. The number of hydrogen-bond acceptors (Lipinski definition) is 3. The van der Waals surface area contributed by atoms with Crippen LogP contribution in [-0.2, 0) is 0 Å². The molecule has 0 bridgehead atoms. The van der Waals surface area contributed by atoms with Crippen molar-refractivity contribution >= 4 is 23.0 Å². The first-order chi connectivity index (χ1) is 14.7. The Morgan fingerprint density at radius 1 is 1.03 bits per heavy atom. The molecule has 3 rings (SSSR count). The van der Waals surface area contributed by atoms with E-state index in [1.807, 2.05) is 70.0 Å². The van der Waals surface area contributed by atoms with Crippen LogP contribution < -0.4 is 10.6 Å².